The average molecular weight is 194 g/mol. The quantitative estimate of drug-likeness (QED) is 0.712. The Balaban J connectivity index is 2.19. The molecular weight excluding hydrogens is 185 g/mol. The summed E-state index contributed by atoms with van der Waals surface area (Å²) in [6, 6.07) is 0. The molecule has 0 saturated heterocycles. The van der Waals surface area contributed by atoms with Gasteiger partial charge in [-0.15, -0.1) is 0 Å². The molecule has 1 aliphatic rings. The van der Waals surface area contributed by atoms with E-state index in [4.69, 9.17) is 0 Å². The molecule has 1 rings (SSSR count). The third kappa shape index (κ3) is 4.29. The third-order valence-corrected chi connectivity index (χ3v) is 1.30. The van der Waals surface area contributed by atoms with Crippen LogP contribution in [-0.4, -0.2) is 12.7 Å². The van der Waals surface area contributed by atoms with Crippen LogP contribution in [0.3, 0.4) is 0 Å². The van der Waals surface area contributed by atoms with Crippen LogP contribution in [0.15, 0.2) is 24.2 Å². The summed E-state index contributed by atoms with van der Waals surface area (Å²) in [5.74, 6) is 0.423. The second kappa shape index (κ2) is 4.06. The lowest BCUT2D eigenvalue weighted by molar-refractivity contribution is -0.133. The number of hydrogen-bond donors (Lipinski definition) is 2. The van der Waals surface area contributed by atoms with Gasteiger partial charge < -0.3 is 10.2 Å². The average Bonchev–Trinajstić information content (AvgIpc) is 2.04. The van der Waals surface area contributed by atoms with E-state index < -0.39 is 12.6 Å². The van der Waals surface area contributed by atoms with Crippen LogP contribution in [0.4, 0.5) is 13.2 Å². The molecule has 3 nitrogen and oxygen atoms in total. The van der Waals surface area contributed by atoms with Crippen molar-refractivity contribution in [1.29, 1.82) is 0 Å². The molecule has 0 fully saturated rings. The highest BCUT2D eigenvalue weighted by atomic mass is 19.4. The molecular formula is C7H9F3N2O. The Kier molecular flexibility index (Phi) is 3.05. The maximum Gasteiger partial charge on any atom is 0.390 e. The number of alkyl halides is 3. The molecule has 0 aliphatic carbocycles. The van der Waals surface area contributed by atoms with Gasteiger partial charge in [0.15, 0.2) is 0 Å². The molecule has 0 aromatic carbocycles. The van der Waals surface area contributed by atoms with Crippen molar-refractivity contribution < 1.29 is 18.0 Å². The first-order valence-electron chi connectivity index (χ1n) is 3.67. The smallest absolute Gasteiger partial charge is 0.389 e. The second-order valence-electron chi connectivity index (χ2n) is 2.42. The number of rotatable bonds is 3. The van der Waals surface area contributed by atoms with Crippen LogP contribution in [0, 0.1) is 0 Å². The normalized spacial score (nSPS) is 15.8. The van der Waals surface area contributed by atoms with Crippen LogP contribution in [0.2, 0.25) is 0 Å². The molecule has 0 aromatic rings. The van der Waals surface area contributed by atoms with Crippen LogP contribution >= 0.6 is 0 Å². The number of allylic oxidation sites excluding steroid dienone is 2. The van der Waals surface area contributed by atoms with Gasteiger partial charge in [-0.05, 0) is 12.2 Å². The Labute approximate surface area is 73.2 Å². The first kappa shape index (κ1) is 9.76. The molecule has 0 unspecified atom stereocenters. The van der Waals surface area contributed by atoms with Gasteiger partial charge >= 0.3 is 6.18 Å². The Morgan fingerprint density at radius 3 is 2.77 bits per heavy atom. The van der Waals surface area contributed by atoms with Crippen molar-refractivity contribution in [2.75, 3.05) is 6.54 Å². The highest BCUT2D eigenvalue weighted by Crippen LogP contribution is 2.18. The summed E-state index contributed by atoms with van der Waals surface area (Å²) in [6.45, 7) is -0.167. The van der Waals surface area contributed by atoms with Crippen molar-refractivity contribution in [1.82, 2.24) is 10.8 Å². The number of nitrogens with one attached hydrogen (secondary N) is 2. The molecule has 0 bridgehead atoms. The minimum Gasteiger partial charge on any atom is -0.389 e. The topological polar surface area (TPSA) is 33.3 Å². The fourth-order valence-electron chi connectivity index (χ4n) is 0.740. The van der Waals surface area contributed by atoms with Gasteiger partial charge in [0.25, 0.3) is 0 Å². The lowest BCUT2D eigenvalue weighted by Gasteiger charge is -2.14. The van der Waals surface area contributed by atoms with Crippen LogP contribution in [0.1, 0.15) is 6.42 Å². The molecule has 0 atom stereocenters. The maximum atomic E-state index is 11.7. The Morgan fingerprint density at radius 2 is 2.23 bits per heavy atom. The van der Waals surface area contributed by atoms with Crippen LogP contribution in [-0.2, 0) is 4.84 Å². The van der Waals surface area contributed by atoms with Crippen molar-refractivity contribution in [3.63, 3.8) is 0 Å². The van der Waals surface area contributed by atoms with Crippen LogP contribution in [0.5, 0.6) is 0 Å². The minimum atomic E-state index is -4.13. The van der Waals surface area contributed by atoms with Gasteiger partial charge in [-0.1, -0.05) is 0 Å². The van der Waals surface area contributed by atoms with Crippen LogP contribution in [0.25, 0.3) is 0 Å². The first-order valence-corrected chi connectivity index (χ1v) is 3.67. The van der Waals surface area contributed by atoms with Gasteiger partial charge in [-0.3, -0.25) is 0 Å². The van der Waals surface area contributed by atoms with E-state index >= 15 is 0 Å². The van der Waals surface area contributed by atoms with E-state index in [0.29, 0.717) is 5.82 Å². The largest absolute Gasteiger partial charge is 0.390 e. The zero-order valence-electron chi connectivity index (χ0n) is 6.69. The number of halogens is 3. The molecule has 13 heavy (non-hydrogen) atoms. The van der Waals surface area contributed by atoms with Crippen LogP contribution < -0.4 is 10.8 Å². The van der Waals surface area contributed by atoms with Crippen molar-refractivity contribution >= 4 is 0 Å². The van der Waals surface area contributed by atoms with Crippen molar-refractivity contribution in [2.45, 2.75) is 12.6 Å². The molecule has 2 N–H and O–H groups in total. The lowest BCUT2D eigenvalue weighted by atomic mass is 10.4. The van der Waals surface area contributed by atoms with Gasteiger partial charge in [0.2, 0.25) is 0 Å². The summed E-state index contributed by atoms with van der Waals surface area (Å²) in [7, 11) is 0. The van der Waals surface area contributed by atoms with Crippen molar-refractivity contribution in [3.8, 4) is 0 Å². The minimum absolute atomic E-state index is 0.167. The molecule has 0 aromatic heterocycles. The van der Waals surface area contributed by atoms with E-state index in [0.717, 1.165) is 0 Å². The molecule has 0 radical (unpaired) electrons. The van der Waals surface area contributed by atoms with Gasteiger partial charge in [0, 0.05) is 6.54 Å². The van der Waals surface area contributed by atoms with Gasteiger partial charge in [0.1, 0.15) is 12.1 Å². The fraction of sp³-hybridized carbons (Fsp3) is 0.429. The zero-order chi connectivity index (χ0) is 9.73. The number of hydroxylamine groups is 1. The SMILES string of the molecule is FC(F)(F)CCNC1=CC=CON1. The summed E-state index contributed by atoms with van der Waals surface area (Å²) in [4.78, 5) is 4.62. The monoisotopic (exact) mass is 194 g/mol. The molecule has 6 heteroatoms. The molecule has 74 valence electrons. The van der Waals surface area contributed by atoms with Gasteiger partial charge in [-0.2, -0.15) is 13.2 Å². The van der Waals surface area contributed by atoms with E-state index in [9.17, 15) is 13.2 Å². The van der Waals surface area contributed by atoms with Gasteiger partial charge in [0.05, 0.1) is 6.42 Å². The van der Waals surface area contributed by atoms with Crippen molar-refractivity contribution in [3.05, 3.63) is 24.2 Å². The molecule has 1 aliphatic heterocycles. The Hall–Kier alpha value is -1.33. The summed E-state index contributed by atoms with van der Waals surface area (Å²) in [6.07, 6.45) is -0.449. The lowest BCUT2D eigenvalue weighted by Crippen LogP contribution is -2.29. The second-order valence-corrected chi connectivity index (χ2v) is 2.42. The van der Waals surface area contributed by atoms with E-state index in [-0.39, 0.29) is 6.54 Å². The van der Waals surface area contributed by atoms with E-state index in [1.807, 2.05) is 0 Å². The maximum absolute atomic E-state index is 11.7. The Morgan fingerprint density at radius 1 is 1.46 bits per heavy atom. The highest BCUT2D eigenvalue weighted by Gasteiger charge is 2.26. The standard InChI is InChI=1S/C7H9F3N2O/c8-7(9,10)3-4-11-6-2-1-5-13-12-6/h1-2,5,11-12H,3-4H2. The summed E-state index contributed by atoms with van der Waals surface area (Å²) in [5, 5.41) is 2.53. The zero-order valence-corrected chi connectivity index (χ0v) is 6.69. The molecule has 1 heterocycles. The first-order chi connectivity index (χ1) is 6.08. The predicted octanol–water partition coefficient (Wildman–Crippen LogP) is 1.42. The number of hydrogen-bond acceptors (Lipinski definition) is 3. The summed E-state index contributed by atoms with van der Waals surface area (Å²) >= 11 is 0. The van der Waals surface area contributed by atoms with E-state index in [2.05, 4.69) is 15.6 Å². The molecule has 0 spiro atoms. The third-order valence-electron chi connectivity index (χ3n) is 1.30. The summed E-state index contributed by atoms with van der Waals surface area (Å²) < 4.78 is 35.1. The van der Waals surface area contributed by atoms with Gasteiger partial charge in [-0.25, -0.2) is 5.48 Å². The summed E-state index contributed by atoms with van der Waals surface area (Å²) in [5.41, 5.74) is 2.40. The molecule has 0 saturated carbocycles. The van der Waals surface area contributed by atoms with Crippen molar-refractivity contribution in [2.24, 2.45) is 0 Å². The fourth-order valence-corrected chi connectivity index (χ4v) is 0.740. The van der Waals surface area contributed by atoms with E-state index in [1.54, 1.807) is 12.2 Å². The molecule has 0 amide bonds. The highest BCUT2D eigenvalue weighted by molar-refractivity contribution is 5.09. The predicted molar refractivity (Wildman–Crippen MR) is 40.1 cm³/mol. The Bertz CT molecular complexity index is 222. The van der Waals surface area contributed by atoms with E-state index in [1.165, 1.54) is 6.26 Å².